The van der Waals surface area contributed by atoms with E-state index in [0.717, 1.165) is 87.8 Å². The Morgan fingerprint density at radius 3 is 1.61 bits per heavy atom. The summed E-state index contributed by atoms with van der Waals surface area (Å²) < 4.78 is 24.1. The Bertz CT molecular complexity index is 2970. The van der Waals surface area contributed by atoms with Gasteiger partial charge in [-0.2, -0.15) is 5.10 Å². The van der Waals surface area contributed by atoms with Crippen molar-refractivity contribution >= 4 is 45.4 Å². The van der Waals surface area contributed by atoms with Crippen LogP contribution in [0.4, 0.5) is 9.59 Å². The van der Waals surface area contributed by atoms with Gasteiger partial charge in [-0.15, -0.1) is 0 Å². The highest BCUT2D eigenvalue weighted by Gasteiger charge is 2.32. The Labute approximate surface area is 430 Å². The topological polar surface area (TPSA) is 149 Å². The number of piperidine rings is 2. The molecule has 2 amide bonds. The predicted octanol–water partition coefficient (Wildman–Crippen LogP) is 13.3. The molecular formula is C58H63BrN6O7. The van der Waals surface area contributed by atoms with Crippen LogP contribution in [0.15, 0.2) is 132 Å². The average molecular weight is 1040 g/mol. The van der Waals surface area contributed by atoms with Crippen molar-refractivity contribution in [2.75, 3.05) is 26.2 Å². The van der Waals surface area contributed by atoms with Gasteiger partial charge in [0.15, 0.2) is 11.9 Å². The van der Waals surface area contributed by atoms with Gasteiger partial charge in [0.2, 0.25) is 0 Å². The molecule has 2 fully saturated rings. The van der Waals surface area contributed by atoms with Crippen molar-refractivity contribution in [3.05, 3.63) is 160 Å². The molecule has 14 heteroatoms. The zero-order valence-electron chi connectivity index (χ0n) is 41.9. The Balaban J connectivity index is 0.000000193. The molecule has 2 aliphatic heterocycles. The highest BCUT2D eigenvalue weighted by molar-refractivity contribution is 9.10. The molecule has 2 atom stereocenters. The maximum atomic E-state index is 12.8. The number of pyridine rings is 2. The van der Waals surface area contributed by atoms with Crippen LogP contribution in [0.5, 0.6) is 11.5 Å². The Morgan fingerprint density at radius 2 is 1.11 bits per heavy atom. The van der Waals surface area contributed by atoms with Crippen LogP contribution in [0.3, 0.4) is 0 Å². The molecular weight excluding hydrogens is 973 g/mol. The van der Waals surface area contributed by atoms with Gasteiger partial charge >= 0.3 is 12.2 Å². The van der Waals surface area contributed by atoms with E-state index >= 15 is 0 Å². The first-order chi connectivity index (χ1) is 34.6. The summed E-state index contributed by atoms with van der Waals surface area (Å²) in [5.74, 6) is 1.63. The number of carbonyl (C=O) groups is 3. The second-order valence-corrected chi connectivity index (χ2v) is 21.0. The number of benzene rings is 4. The molecule has 0 saturated carbocycles. The maximum absolute atomic E-state index is 12.8. The fraction of sp³-hybridized carbons (Fsp3) is 0.345. The molecule has 4 aromatic carbocycles. The van der Waals surface area contributed by atoms with E-state index in [0.29, 0.717) is 61.0 Å². The molecule has 5 heterocycles. The van der Waals surface area contributed by atoms with Crippen LogP contribution in [0, 0.1) is 0 Å². The first kappa shape index (κ1) is 51.3. The number of aldehydes is 1. The number of aromatic amines is 1. The van der Waals surface area contributed by atoms with E-state index < -0.39 is 11.2 Å². The fourth-order valence-corrected chi connectivity index (χ4v) is 9.60. The zero-order valence-corrected chi connectivity index (χ0v) is 43.5. The maximum Gasteiger partial charge on any atom is 0.410 e. The lowest BCUT2D eigenvalue weighted by Crippen LogP contribution is -2.42. The first-order valence-electron chi connectivity index (χ1n) is 24.6. The van der Waals surface area contributed by atoms with Crippen molar-refractivity contribution in [2.24, 2.45) is 0 Å². The average Bonchev–Trinajstić information content (AvgIpc) is 3.86. The number of nitrogens with one attached hydrogen (secondary N) is 1. The van der Waals surface area contributed by atoms with Crippen molar-refractivity contribution in [3.8, 4) is 34.0 Å². The summed E-state index contributed by atoms with van der Waals surface area (Å²) in [6.45, 7) is 14.6. The summed E-state index contributed by atoms with van der Waals surface area (Å²) in [6, 6.07) is 39.9. The number of hydrogen-bond donors (Lipinski definition) is 1. The molecule has 7 aromatic rings. The minimum absolute atomic E-state index is 0.0121. The summed E-state index contributed by atoms with van der Waals surface area (Å²) in [5.41, 5.74) is 7.63. The lowest BCUT2D eigenvalue weighted by atomic mass is 9.87. The third kappa shape index (κ3) is 13.3. The number of halogens is 1. The minimum atomic E-state index is -0.561. The summed E-state index contributed by atoms with van der Waals surface area (Å²) in [5, 5.41) is 8.30. The SMILES string of the molecule is CC(C)(C)OC(=O)N1CCCC(c2cc(-c3ccccc3OCc3ccccc3)nc(Br)c2C=O)C1.CC(C)(C)OC(=O)N1CCCC(c2cc(-c3ccccc3OCc3ccccc3)nc3[nH]ncc23)C1. The Hall–Kier alpha value is -7.06. The van der Waals surface area contributed by atoms with Gasteiger partial charge < -0.3 is 28.7 Å². The smallest absolute Gasteiger partial charge is 0.410 e. The van der Waals surface area contributed by atoms with Crippen LogP contribution in [0.2, 0.25) is 0 Å². The van der Waals surface area contributed by atoms with Crippen molar-refractivity contribution < 1.29 is 33.3 Å². The fourth-order valence-electron chi connectivity index (χ4n) is 9.09. The Kier molecular flexibility index (Phi) is 16.4. The normalized spacial score (nSPS) is 16.0. The molecule has 2 unspecified atom stereocenters. The van der Waals surface area contributed by atoms with Gasteiger partial charge in [-0.1, -0.05) is 84.9 Å². The van der Waals surface area contributed by atoms with E-state index in [1.54, 1.807) is 4.90 Å². The van der Waals surface area contributed by atoms with Crippen LogP contribution < -0.4 is 9.47 Å². The predicted molar refractivity (Wildman–Crippen MR) is 283 cm³/mol. The minimum Gasteiger partial charge on any atom is -0.488 e. The number of H-pyrrole nitrogens is 1. The van der Waals surface area contributed by atoms with E-state index in [9.17, 15) is 14.4 Å². The summed E-state index contributed by atoms with van der Waals surface area (Å²) in [4.78, 5) is 50.7. The van der Waals surface area contributed by atoms with E-state index in [4.69, 9.17) is 23.9 Å². The van der Waals surface area contributed by atoms with Gasteiger partial charge in [-0.3, -0.25) is 9.89 Å². The third-order valence-electron chi connectivity index (χ3n) is 12.4. The van der Waals surface area contributed by atoms with Crippen LogP contribution in [0.1, 0.15) is 112 Å². The molecule has 1 N–H and O–H groups in total. The molecule has 2 aliphatic rings. The number of nitrogens with zero attached hydrogens (tertiary/aromatic N) is 5. The standard InChI is InChI=1S/C29H31BrN2O4.C29H32N4O3/c1-29(2,3)36-28(34)32-15-9-12-21(17-32)23-16-25(31-27(30)24(23)18-33)22-13-7-8-14-26(22)35-19-20-10-5-4-6-11-20;1-29(2,3)36-28(34)33-15-9-12-21(18-33)23-16-25(31-27-24(23)17-30-32-27)22-13-7-8-14-26(22)35-19-20-10-5-4-6-11-20/h4-8,10-11,13-14,16,18,21H,9,12,15,17,19H2,1-3H3;4-8,10-11,13-14,16-17,21H,9,12,15,18-19H2,1-3H3,(H,30,31,32). The third-order valence-corrected chi connectivity index (χ3v) is 13.0. The number of hydrogen-bond acceptors (Lipinski definition) is 10. The van der Waals surface area contributed by atoms with E-state index in [-0.39, 0.29) is 24.0 Å². The molecule has 0 radical (unpaired) electrons. The molecule has 72 heavy (non-hydrogen) atoms. The summed E-state index contributed by atoms with van der Waals surface area (Å²) in [6.07, 6.45) is 5.66. The van der Waals surface area contributed by atoms with Crippen molar-refractivity contribution in [1.82, 2.24) is 30.0 Å². The highest BCUT2D eigenvalue weighted by Crippen LogP contribution is 2.39. The van der Waals surface area contributed by atoms with Crippen molar-refractivity contribution in [3.63, 3.8) is 0 Å². The lowest BCUT2D eigenvalue weighted by Gasteiger charge is -2.35. The van der Waals surface area contributed by atoms with Crippen molar-refractivity contribution in [2.45, 2.75) is 103 Å². The Morgan fingerprint density at radius 1 is 0.653 bits per heavy atom. The number of ether oxygens (including phenoxy) is 4. The van der Waals surface area contributed by atoms with Gasteiger partial charge in [0, 0.05) is 54.5 Å². The summed E-state index contributed by atoms with van der Waals surface area (Å²) >= 11 is 3.52. The number of aromatic nitrogens is 4. The molecule has 3 aromatic heterocycles. The monoisotopic (exact) mass is 1030 g/mol. The van der Waals surface area contributed by atoms with Gasteiger partial charge in [0.1, 0.15) is 40.5 Å². The molecule has 0 bridgehead atoms. The highest BCUT2D eigenvalue weighted by atomic mass is 79.9. The number of fused-ring (bicyclic) bond motifs is 1. The summed E-state index contributed by atoms with van der Waals surface area (Å²) in [7, 11) is 0. The van der Waals surface area contributed by atoms with Crippen LogP contribution >= 0.6 is 15.9 Å². The van der Waals surface area contributed by atoms with E-state index in [2.05, 4.69) is 49.3 Å². The second-order valence-electron chi connectivity index (χ2n) is 20.2. The number of rotatable bonds is 11. The largest absolute Gasteiger partial charge is 0.488 e. The van der Waals surface area contributed by atoms with Gasteiger partial charge in [-0.05, 0) is 142 Å². The molecule has 13 nitrogen and oxygen atoms in total. The molecule has 0 aliphatic carbocycles. The van der Waals surface area contributed by atoms with Crippen LogP contribution in [-0.2, 0) is 22.7 Å². The van der Waals surface area contributed by atoms with E-state index in [1.807, 2.05) is 156 Å². The lowest BCUT2D eigenvalue weighted by molar-refractivity contribution is 0.0188. The van der Waals surface area contributed by atoms with Gasteiger partial charge in [-0.25, -0.2) is 19.6 Å². The van der Waals surface area contributed by atoms with Crippen LogP contribution in [0.25, 0.3) is 33.5 Å². The second kappa shape index (κ2) is 23.0. The zero-order chi connectivity index (χ0) is 50.8. The molecule has 0 spiro atoms. The molecule has 9 rings (SSSR count). The first-order valence-corrected chi connectivity index (χ1v) is 25.4. The van der Waals surface area contributed by atoms with Crippen LogP contribution in [-0.4, -0.2) is 85.8 Å². The van der Waals surface area contributed by atoms with Gasteiger partial charge in [0.05, 0.1) is 23.1 Å². The van der Waals surface area contributed by atoms with E-state index in [1.165, 1.54) is 0 Å². The number of amides is 2. The number of para-hydroxylation sites is 2. The molecule has 374 valence electrons. The molecule has 2 saturated heterocycles. The quantitative estimate of drug-likeness (QED) is 0.0980. The van der Waals surface area contributed by atoms with Crippen molar-refractivity contribution in [1.29, 1.82) is 0 Å². The number of carbonyl (C=O) groups excluding carboxylic acids is 3. The number of likely N-dealkylation sites (tertiary alicyclic amines) is 2. The van der Waals surface area contributed by atoms with Gasteiger partial charge in [0.25, 0.3) is 0 Å².